The van der Waals surface area contributed by atoms with Crippen molar-refractivity contribution in [2.45, 2.75) is 68.7 Å². The Labute approximate surface area is 245 Å². The highest BCUT2D eigenvalue weighted by molar-refractivity contribution is 8.24. The van der Waals surface area contributed by atoms with Gasteiger partial charge in [0.25, 0.3) is 0 Å². The van der Waals surface area contributed by atoms with Crippen molar-refractivity contribution in [2.24, 2.45) is 0 Å². The van der Waals surface area contributed by atoms with Gasteiger partial charge < -0.3 is 24.9 Å². The SMILES string of the molecule is CCCC[C@]1(CC)CS(O)(O)c2cc(CNCCP(=O)(O)O)c(OC)cc2[C@@H](c2ccccc2)N1.O=C(O)C(F)(F)F. The van der Waals surface area contributed by atoms with E-state index in [1.807, 2.05) is 36.4 Å². The van der Waals surface area contributed by atoms with Crippen LogP contribution < -0.4 is 15.4 Å². The Morgan fingerprint density at radius 2 is 1.81 bits per heavy atom. The zero-order valence-electron chi connectivity index (χ0n) is 23.7. The topological polar surface area (TPSA) is 169 Å². The number of methoxy groups -OCH3 is 1. The summed E-state index contributed by atoms with van der Waals surface area (Å²) in [5, 5.41) is 14.0. The van der Waals surface area contributed by atoms with Gasteiger partial charge in [-0.25, -0.2) is 4.79 Å². The predicted octanol–water partition coefficient (Wildman–Crippen LogP) is 5.74. The number of fused-ring (bicyclic) bond motifs is 1. The van der Waals surface area contributed by atoms with Gasteiger partial charge in [-0.3, -0.25) is 19.0 Å². The first-order valence-corrected chi connectivity index (χ1v) is 16.8. The van der Waals surface area contributed by atoms with Crippen LogP contribution in [0.3, 0.4) is 0 Å². The summed E-state index contributed by atoms with van der Waals surface area (Å²) in [6.45, 7) is 4.64. The van der Waals surface area contributed by atoms with E-state index in [0.717, 1.165) is 36.8 Å². The molecule has 15 heteroatoms. The van der Waals surface area contributed by atoms with E-state index in [1.54, 1.807) is 13.2 Å². The first-order chi connectivity index (χ1) is 19.5. The molecule has 3 rings (SSSR count). The molecule has 10 nitrogen and oxygen atoms in total. The van der Waals surface area contributed by atoms with Gasteiger partial charge >= 0.3 is 19.7 Å². The summed E-state index contributed by atoms with van der Waals surface area (Å²) in [6, 6.07) is 13.4. The van der Waals surface area contributed by atoms with Crippen molar-refractivity contribution in [2.75, 3.05) is 25.6 Å². The molecule has 0 amide bonds. The van der Waals surface area contributed by atoms with Gasteiger partial charge in [0.1, 0.15) is 5.75 Å². The zero-order valence-corrected chi connectivity index (χ0v) is 25.4. The average Bonchev–Trinajstić information content (AvgIpc) is 3.01. The molecule has 0 bridgehead atoms. The number of benzene rings is 2. The number of rotatable bonds is 11. The third-order valence-corrected chi connectivity index (χ3v) is 9.78. The minimum atomic E-state index is -5.08. The summed E-state index contributed by atoms with van der Waals surface area (Å²) < 4.78 is 71.7. The molecule has 0 aromatic heterocycles. The van der Waals surface area contributed by atoms with E-state index < -0.39 is 35.9 Å². The van der Waals surface area contributed by atoms with Gasteiger partial charge in [0.15, 0.2) is 0 Å². The lowest BCUT2D eigenvalue weighted by Gasteiger charge is -2.42. The van der Waals surface area contributed by atoms with Gasteiger partial charge in [0, 0.05) is 29.8 Å². The fraction of sp³-hybridized carbons (Fsp3) is 0.519. The van der Waals surface area contributed by atoms with Crippen LogP contribution >= 0.6 is 18.2 Å². The maximum Gasteiger partial charge on any atom is 0.490 e. The molecule has 0 saturated heterocycles. The lowest BCUT2D eigenvalue weighted by Crippen LogP contribution is -2.49. The number of hydrogen-bond acceptors (Lipinski definition) is 7. The van der Waals surface area contributed by atoms with Crippen LogP contribution in [0.5, 0.6) is 5.75 Å². The molecule has 7 N–H and O–H groups in total. The summed E-state index contributed by atoms with van der Waals surface area (Å²) in [7, 11) is -5.67. The molecule has 42 heavy (non-hydrogen) atoms. The molecule has 1 heterocycles. The molecule has 0 saturated carbocycles. The van der Waals surface area contributed by atoms with Crippen molar-refractivity contribution in [1.82, 2.24) is 10.6 Å². The van der Waals surface area contributed by atoms with Gasteiger partial charge in [0.05, 0.1) is 30.0 Å². The Kier molecular flexibility index (Phi) is 12.9. The summed E-state index contributed by atoms with van der Waals surface area (Å²) >= 11 is 0. The number of carboxylic acids is 1. The number of ether oxygens (including phenoxy) is 1. The average molecular weight is 641 g/mol. The molecule has 1 aliphatic heterocycles. The molecule has 0 spiro atoms. The molecule has 238 valence electrons. The standard InChI is InChI=1S/C25H39N2O6PS.C2HF3O2/c1-4-6-12-25(5-2)18-35(31,32)23-15-20(17-26-13-14-34(28,29)30)22(33-3)16-21(23)24(27-25)19-10-8-7-9-11-19;3-2(4,5)1(6)7/h7-11,15-16,24,26-27,31-32H,4-6,12-14,17-18H2,1-3H3,(H2,28,29,30);(H,6,7)/t24-,25-;/m1./s1. The van der Waals surface area contributed by atoms with Gasteiger partial charge in [0.2, 0.25) is 0 Å². The zero-order chi connectivity index (χ0) is 31.8. The fourth-order valence-corrected chi connectivity index (χ4v) is 7.43. The van der Waals surface area contributed by atoms with Crippen molar-refractivity contribution in [3.8, 4) is 5.75 Å². The van der Waals surface area contributed by atoms with Crippen LogP contribution in [0.2, 0.25) is 0 Å². The third kappa shape index (κ3) is 10.2. The Hall–Kier alpha value is -2.16. The second-order valence-electron chi connectivity index (χ2n) is 10.1. The predicted molar refractivity (Wildman–Crippen MR) is 155 cm³/mol. The molecule has 0 radical (unpaired) electrons. The number of unbranched alkanes of at least 4 members (excludes halogenated alkanes) is 1. The molecule has 0 fully saturated rings. The quantitative estimate of drug-likeness (QED) is 0.119. The highest BCUT2D eigenvalue weighted by atomic mass is 32.3. The Morgan fingerprint density at radius 1 is 1.19 bits per heavy atom. The first-order valence-electron chi connectivity index (χ1n) is 13.3. The lowest BCUT2D eigenvalue weighted by molar-refractivity contribution is -0.192. The smallest absolute Gasteiger partial charge is 0.490 e. The molecule has 2 aromatic rings. The minimum Gasteiger partial charge on any atom is -0.496 e. The maximum atomic E-state index is 11.5. The Balaban J connectivity index is 0.000000782. The van der Waals surface area contributed by atoms with E-state index >= 15 is 0 Å². The molecule has 0 aliphatic carbocycles. The van der Waals surface area contributed by atoms with E-state index in [-0.39, 0.29) is 31.0 Å². The lowest BCUT2D eigenvalue weighted by atomic mass is 9.88. The van der Waals surface area contributed by atoms with E-state index in [9.17, 15) is 26.8 Å². The molecular weight excluding hydrogens is 600 g/mol. The Bertz CT molecular complexity index is 1230. The van der Waals surface area contributed by atoms with E-state index in [0.29, 0.717) is 16.2 Å². The molecule has 2 atom stereocenters. The second-order valence-corrected chi connectivity index (χ2v) is 13.9. The summed E-state index contributed by atoms with van der Waals surface area (Å²) in [5.74, 6) is -1.94. The number of hydrogen-bond donors (Lipinski definition) is 7. The van der Waals surface area contributed by atoms with Crippen LogP contribution in [-0.2, 0) is 15.9 Å². The Morgan fingerprint density at radius 3 is 2.31 bits per heavy atom. The first kappa shape index (κ1) is 36.0. The largest absolute Gasteiger partial charge is 0.496 e. The van der Waals surface area contributed by atoms with Crippen LogP contribution in [0.1, 0.15) is 62.3 Å². The molecule has 0 unspecified atom stereocenters. The fourth-order valence-electron chi connectivity index (χ4n) is 4.74. The summed E-state index contributed by atoms with van der Waals surface area (Å²) in [5.41, 5.74) is 2.08. The molecule has 1 aliphatic rings. The summed E-state index contributed by atoms with van der Waals surface area (Å²) in [4.78, 5) is 27.6. The van der Waals surface area contributed by atoms with Crippen molar-refractivity contribution < 1.29 is 51.3 Å². The van der Waals surface area contributed by atoms with Crippen molar-refractivity contribution in [3.63, 3.8) is 0 Å². The van der Waals surface area contributed by atoms with Gasteiger partial charge in [-0.1, -0.05) is 57.0 Å². The third-order valence-electron chi connectivity index (χ3n) is 6.96. The number of carboxylic acid groups (broad SMARTS) is 1. The van der Waals surface area contributed by atoms with Gasteiger partial charge in [-0.2, -0.15) is 23.8 Å². The number of alkyl halides is 3. The molecular formula is C27H40F3N2O8PS. The van der Waals surface area contributed by atoms with Crippen LogP contribution in [0.15, 0.2) is 47.4 Å². The van der Waals surface area contributed by atoms with Crippen LogP contribution in [-0.4, -0.2) is 67.3 Å². The van der Waals surface area contributed by atoms with Gasteiger partial charge in [-0.15, -0.1) is 0 Å². The maximum absolute atomic E-state index is 11.5. The minimum absolute atomic E-state index is 0.130. The van der Waals surface area contributed by atoms with Crippen molar-refractivity contribution >= 4 is 24.2 Å². The highest BCUT2D eigenvalue weighted by Gasteiger charge is 2.42. The van der Waals surface area contributed by atoms with E-state index in [1.165, 1.54) is 0 Å². The number of nitrogens with one attached hydrogen (secondary N) is 2. The number of halogens is 3. The number of aliphatic carboxylic acids is 1. The van der Waals surface area contributed by atoms with Gasteiger partial charge in [-0.05, 0) is 30.5 Å². The monoisotopic (exact) mass is 640 g/mol. The van der Waals surface area contributed by atoms with E-state index in [2.05, 4.69) is 24.5 Å². The number of carbonyl (C=O) groups is 1. The van der Waals surface area contributed by atoms with Crippen molar-refractivity contribution in [3.05, 3.63) is 59.2 Å². The van der Waals surface area contributed by atoms with E-state index in [4.69, 9.17) is 24.4 Å². The molecule has 2 aromatic carbocycles. The highest BCUT2D eigenvalue weighted by Crippen LogP contribution is 2.58. The normalized spacial score (nSPS) is 20.9. The van der Waals surface area contributed by atoms with Crippen LogP contribution in [0.4, 0.5) is 13.2 Å². The van der Waals surface area contributed by atoms with Crippen LogP contribution in [0.25, 0.3) is 0 Å². The summed E-state index contributed by atoms with van der Waals surface area (Å²) in [6.07, 6.45) is -1.77. The second kappa shape index (κ2) is 15.0. The van der Waals surface area contributed by atoms with Crippen LogP contribution in [0, 0.1) is 0 Å². The van der Waals surface area contributed by atoms with Crippen molar-refractivity contribution in [1.29, 1.82) is 0 Å².